The van der Waals surface area contributed by atoms with Crippen LogP contribution in [-0.4, -0.2) is 60.5 Å². The zero-order valence-corrected chi connectivity index (χ0v) is 18.4. The molecule has 2 rings (SSSR count). The first-order valence-corrected chi connectivity index (χ1v) is 10.0. The van der Waals surface area contributed by atoms with Gasteiger partial charge in [0.05, 0.1) is 6.54 Å². The molecule has 0 spiro atoms. The lowest BCUT2D eigenvalue weighted by atomic mass is 9.95. The van der Waals surface area contributed by atoms with E-state index in [1.807, 2.05) is 11.8 Å². The van der Waals surface area contributed by atoms with E-state index in [1.165, 1.54) is 19.3 Å². The first-order chi connectivity index (χ1) is 11.1. The molecule has 1 aliphatic carbocycles. The standard InChI is InChI=1S/C17H32N4OS.HI/c1-13(2)15-12-21(9-10-23-15)17(18-3)19-11-16(22)20-14-7-5-4-6-8-14;/h13-15H,4-12H2,1-3H3,(H,18,19)(H,20,22);1H. The maximum atomic E-state index is 12.1. The van der Waals surface area contributed by atoms with Gasteiger partial charge in [-0.2, -0.15) is 11.8 Å². The van der Waals surface area contributed by atoms with Crippen molar-refractivity contribution < 1.29 is 4.79 Å². The Morgan fingerprint density at radius 2 is 2.00 bits per heavy atom. The third-order valence-corrected chi connectivity index (χ3v) is 6.27. The Morgan fingerprint density at radius 1 is 1.29 bits per heavy atom. The van der Waals surface area contributed by atoms with Gasteiger partial charge in [-0.05, 0) is 18.8 Å². The van der Waals surface area contributed by atoms with Crippen LogP contribution in [0.1, 0.15) is 46.0 Å². The molecule has 0 aromatic carbocycles. The first-order valence-electron chi connectivity index (χ1n) is 8.96. The summed E-state index contributed by atoms with van der Waals surface area (Å²) in [5.74, 6) is 2.73. The Kier molecular flexibility index (Phi) is 10.4. The van der Waals surface area contributed by atoms with Crippen LogP contribution in [0.4, 0.5) is 0 Å². The maximum Gasteiger partial charge on any atom is 0.239 e. The fourth-order valence-corrected chi connectivity index (χ4v) is 4.59. The fraction of sp³-hybridized carbons (Fsp3) is 0.882. The van der Waals surface area contributed by atoms with Gasteiger partial charge in [0.25, 0.3) is 0 Å². The largest absolute Gasteiger partial charge is 0.352 e. The van der Waals surface area contributed by atoms with E-state index in [2.05, 4.69) is 34.4 Å². The van der Waals surface area contributed by atoms with Crippen molar-refractivity contribution in [3.8, 4) is 0 Å². The molecular weight excluding hydrogens is 435 g/mol. The Balaban J connectivity index is 0.00000288. The molecular formula is C17H33IN4OS. The summed E-state index contributed by atoms with van der Waals surface area (Å²) >= 11 is 2.05. The van der Waals surface area contributed by atoms with Gasteiger partial charge in [-0.3, -0.25) is 9.79 Å². The van der Waals surface area contributed by atoms with Crippen LogP contribution in [0.25, 0.3) is 0 Å². The monoisotopic (exact) mass is 468 g/mol. The van der Waals surface area contributed by atoms with Crippen LogP contribution in [0.5, 0.6) is 0 Å². The van der Waals surface area contributed by atoms with Crippen LogP contribution in [0.15, 0.2) is 4.99 Å². The van der Waals surface area contributed by atoms with Crippen LogP contribution in [0, 0.1) is 5.92 Å². The molecule has 1 amide bonds. The molecule has 2 fully saturated rings. The molecule has 2 N–H and O–H groups in total. The SMILES string of the molecule is CN=C(NCC(=O)NC1CCCCC1)N1CCSC(C(C)C)C1.I. The summed E-state index contributed by atoms with van der Waals surface area (Å²) in [6.45, 7) is 6.87. The number of nitrogens with zero attached hydrogens (tertiary/aromatic N) is 2. The lowest BCUT2D eigenvalue weighted by Crippen LogP contribution is -2.51. The van der Waals surface area contributed by atoms with Crippen molar-refractivity contribution in [2.24, 2.45) is 10.9 Å². The van der Waals surface area contributed by atoms with Gasteiger partial charge in [0.2, 0.25) is 5.91 Å². The molecule has 2 aliphatic rings. The number of amides is 1. The third-order valence-electron chi connectivity index (χ3n) is 4.73. The molecule has 1 unspecified atom stereocenters. The number of rotatable bonds is 4. The van der Waals surface area contributed by atoms with Crippen molar-refractivity contribution in [1.29, 1.82) is 0 Å². The summed E-state index contributed by atoms with van der Waals surface area (Å²) in [5.41, 5.74) is 0. The number of halogens is 1. The van der Waals surface area contributed by atoms with Crippen molar-refractivity contribution in [3.05, 3.63) is 0 Å². The van der Waals surface area contributed by atoms with Gasteiger partial charge >= 0.3 is 0 Å². The number of carbonyl (C=O) groups excluding carboxylic acids is 1. The highest BCUT2D eigenvalue weighted by atomic mass is 127. The number of guanidine groups is 1. The van der Waals surface area contributed by atoms with E-state index < -0.39 is 0 Å². The quantitative estimate of drug-likeness (QED) is 0.379. The van der Waals surface area contributed by atoms with E-state index >= 15 is 0 Å². The van der Waals surface area contributed by atoms with Gasteiger partial charge in [0.15, 0.2) is 5.96 Å². The summed E-state index contributed by atoms with van der Waals surface area (Å²) < 4.78 is 0. The predicted octanol–water partition coefficient (Wildman–Crippen LogP) is 2.70. The zero-order chi connectivity index (χ0) is 16.7. The van der Waals surface area contributed by atoms with Crippen LogP contribution in [0.2, 0.25) is 0 Å². The highest BCUT2D eigenvalue weighted by Gasteiger charge is 2.25. The van der Waals surface area contributed by atoms with Gasteiger partial charge in [-0.1, -0.05) is 33.1 Å². The summed E-state index contributed by atoms with van der Waals surface area (Å²) in [7, 11) is 1.80. The third kappa shape index (κ3) is 6.98. The van der Waals surface area contributed by atoms with Crippen molar-refractivity contribution in [2.75, 3.05) is 32.4 Å². The smallest absolute Gasteiger partial charge is 0.239 e. The predicted molar refractivity (Wildman–Crippen MR) is 114 cm³/mol. The van der Waals surface area contributed by atoms with Crippen molar-refractivity contribution in [2.45, 2.75) is 57.2 Å². The second-order valence-electron chi connectivity index (χ2n) is 6.90. The molecule has 0 aromatic rings. The highest BCUT2D eigenvalue weighted by Crippen LogP contribution is 2.24. The highest BCUT2D eigenvalue weighted by molar-refractivity contribution is 14.0. The normalized spacial score (nSPS) is 22.9. The minimum absolute atomic E-state index is 0. The van der Waals surface area contributed by atoms with Crippen molar-refractivity contribution >= 4 is 47.6 Å². The summed E-state index contributed by atoms with van der Waals surface area (Å²) in [5, 5.41) is 7.03. The van der Waals surface area contributed by atoms with E-state index in [0.717, 1.165) is 37.6 Å². The second kappa shape index (κ2) is 11.4. The molecule has 24 heavy (non-hydrogen) atoms. The van der Waals surface area contributed by atoms with Gasteiger partial charge in [-0.15, -0.1) is 24.0 Å². The number of hydrogen-bond acceptors (Lipinski definition) is 3. The molecule has 1 aliphatic heterocycles. The average Bonchev–Trinajstić information content (AvgIpc) is 2.56. The summed E-state index contributed by atoms with van der Waals surface area (Å²) in [6.07, 6.45) is 6.03. The zero-order valence-electron chi connectivity index (χ0n) is 15.2. The molecule has 1 atom stereocenters. The van der Waals surface area contributed by atoms with Gasteiger partial charge in [-0.25, -0.2) is 0 Å². The molecule has 140 valence electrons. The minimum Gasteiger partial charge on any atom is -0.352 e. The van der Waals surface area contributed by atoms with Crippen molar-refractivity contribution in [3.63, 3.8) is 0 Å². The lowest BCUT2D eigenvalue weighted by molar-refractivity contribution is -0.120. The molecule has 1 saturated carbocycles. The molecule has 7 heteroatoms. The van der Waals surface area contributed by atoms with Crippen LogP contribution < -0.4 is 10.6 Å². The summed E-state index contributed by atoms with van der Waals surface area (Å²) in [4.78, 5) is 18.8. The number of nitrogens with one attached hydrogen (secondary N) is 2. The number of carbonyl (C=O) groups is 1. The van der Waals surface area contributed by atoms with Crippen molar-refractivity contribution in [1.82, 2.24) is 15.5 Å². The van der Waals surface area contributed by atoms with Crippen LogP contribution in [-0.2, 0) is 4.79 Å². The first kappa shape index (κ1) is 21.9. The topological polar surface area (TPSA) is 56.7 Å². The second-order valence-corrected chi connectivity index (χ2v) is 8.25. The van der Waals surface area contributed by atoms with Crippen LogP contribution in [0.3, 0.4) is 0 Å². The molecule has 1 heterocycles. The Bertz CT molecular complexity index is 413. The summed E-state index contributed by atoms with van der Waals surface area (Å²) in [6, 6.07) is 0.372. The van der Waals surface area contributed by atoms with E-state index in [4.69, 9.17) is 0 Å². The lowest BCUT2D eigenvalue weighted by Gasteiger charge is -2.36. The number of aliphatic imine (C=N–C) groups is 1. The van der Waals surface area contributed by atoms with E-state index in [9.17, 15) is 4.79 Å². The van der Waals surface area contributed by atoms with Crippen LogP contribution >= 0.6 is 35.7 Å². The Hall–Kier alpha value is -0.180. The molecule has 0 radical (unpaired) electrons. The van der Waals surface area contributed by atoms with Gasteiger partial charge < -0.3 is 15.5 Å². The number of thioether (sulfide) groups is 1. The molecule has 0 aromatic heterocycles. The molecule has 5 nitrogen and oxygen atoms in total. The van der Waals surface area contributed by atoms with E-state index in [1.54, 1.807) is 7.05 Å². The van der Waals surface area contributed by atoms with Gasteiger partial charge in [0.1, 0.15) is 0 Å². The number of hydrogen-bond donors (Lipinski definition) is 2. The molecule has 1 saturated heterocycles. The Labute approximate surface area is 168 Å². The Morgan fingerprint density at radius 3 is 2.62 bits per heavy atom. The average molecular weight is 468 g/mol. The minimum atomic E-state index is 0. The van der Waals surface area contributed by atoms with E-state index in [-0.39, 0.29) is 29.9 Å². The maximum absolute atomic E-state index is 12.1. The fourth-order valence-electron chi connectivity index (χ4n) is 3.29. The molecule has 0 bridgehead atoms. The van der Waals surface area contributed by atoms with Gasteiger partial charge in [0, 0.05) is 37.2 Å². The van der Waals surface area contributed by atoms with E-state index in [0.29, 0.717) is 23.8 Å².